The van der Waals surface area contributed by atoms with Crippen LogP contribution in [0, 0.1) is 0 Å². The number of anilines is 1. The Morgan fingerprint density at radius 3 is 2.94 bits per heavy atom. The maximum Gasteiger partial charge on any atom is 0.225 e. The SMILES string of the molecule is Clc1ccc(CSc2nnc3n2CCCN3)cc1. The number of benzene rings is 1. The lowest BCUT2D eigenvalue weighted by atomic mass is 10.2. The van der Waals surface area contributed by atoms with Crippen LogP contribution in [-0.4, -0.2) is 21.3 Å². The fourth-order valence-corrected chi connectivity index (χ4v) is 2.94. The molecule has 1 aromatic heterocycles. The van der Waals surface area contributed by atoms with E-state index in [0.29, 0.717) is 0 Å². The van der Waals surface area contributed by atoms with Crippen molar-refractivity contribution in [3.63, 3.8) is 0 Å². The minimum atomic E-state index is 0.771. The molecule has 0 saturated carbocycles. The van der Waals surface area contributed by atoms with Crippen LogP contribution in [0.2, 0.25) is 5.02 Å². The molecule has 6 heteroatoms. The minimum absolute atomic E-state index is 0.771. The molecule has 3 rings (SSSR count). The van der Waals surface area contributed by atoms with Crippen LogP contribution in [-0.2, 0) is 12.3 Å². The minimum Gasteiger partial charge on any atom is -0.354 e. The summed E-state index contributed by atoms with van der Waals surface area (Å²) in [5, 5.41) is 13.4. The summed E-state index contributed by atoms with van der Waals surface area (Å²) in [4.78, 5) is 0. The molecule has 1 aliphatic rings. The lowest BCUT2D eigenvalue weighted by Gasteiger charge is -2.15. The highest BCUT2D eigenvalue weighted by atomic mass is 35.5. The molecule has 4 nitrogen and oxygen atoms in total. The molecule has 0 radical (unpaired) electrons. The first-order chi connectivity index (χ1) is 8.83. The highest BCUT2D eigenvalue weighted by Gasteiger charge is 2.15. The van der Waals surface area contributed by atoms with Crippen molar-refractivity contribution in [3.8, 4) is 0 Å². The second kappa shape index (κ2) is 5.20. The molecule has 18 heavy (non-hydrogen) atoms. The van der Waals surface area contributed by atoms with Crippen molar-refractivity contribution < 1.29 is 0 Å². The Morgan fingerprint density at radius 2 is 2.11 bits per heavy atom. The number of thioether (sulfide) groups is 1. The van der Waals surface area contributed by atoms with Crippen molar-refractivity contribution in [2.24, 2.45) is 0 Å². The average molecular weight is 281 g/mol. The molecule has 1 aromatic carbocycles. The van der Waals surface area contributed by atoms with Crippen LogP contribution in [0.1, 0.15) is 12.0 Å². The Labute approximate surface area is 115 Å². The third-order valence-corrected chi connectivity index (χ3v) is 4.13. The van der Waals surface area contributed by atoms with E-state index in [0.717, 1.165) is 41.4 Å². The molecule has 2 aromatic rings. The van der Waals surface area contributed by atoms with E-state index in [1.165, 1.54) is 5.56 Å². The maximum atomic E-state index is 5.86. The van der Waals surface area contributed by atoms with E-state index >= 15 is 0 Å². The number of hydrogen-bond acceptors (Lipinski definition) is 4. The van der Waals surface area contributed by atoms with Gasteiger partial charge in [0, 0.05) is 23.9 Å². The molecule has 0 bridgehead atoms. The van der Waals surface area contributed by atoms with Crippen LogP contribution in [0.3, 0.4) is 0 Å². The van der Waals surface area contributed by atoms with Crippen LogP contribution >= 0.6 is 23.4 Å². The predicted molar refractivity (Wildman–Crippen MR) is 74.1 cm³/mol. The Balaban J connectivity index is 1.70. The number of hydrogen-bond donors (Lipinski definition) is 1. The zero-order valence-corrected chi connectivity index (χ0v) is 11.3. The van der Waals surface area contributed by atoms with E-state index in [1.54, 1.807) is 11.8 Å². The standard InChI is InChI=1S/C12H13ClN4S/c13-10-4-2-9(3-5-10)8-18-12-16-15-11-14-6-1-7-17(11)12/h2-5H,1,6-8H2,(H,14,15). The van der Waals surface area contributed by atoms with E-state index in [9.17, 15) is 0 Å². The van der Waals surface area contributed by atoms with Gasteiger partial charge in [0.05, 0.1) is 0 Å². The van der Waals surface area contributed by atoms with Crippen molar-refractivity contribution in [3.05, 3.63) is 34.9 Å². The number of nitrogens with one attached hydrogen (secondary N) is 1. The van der Waals surface area contributed by atoms with E-state index in [2.05, 4.69) is 20.1 Å². The van der Waals surface area contributed by atoms with Crippen LogP contribution in [0.25, 0.3) is 0 Å². The Morgan fingerprint density at radius 1 is 1.28 bits per heavy atom. The van der Waals surface area contributed by atoms with Crippen molar-refractivity contribution >= 4 is 29.3 Å². The van der Waals surface area contributed by atoms with Gasteiger partial charge in [-0.15, -0.1) is 10.2 Å². The van der Waals surface area contributed by atoms with Gasteiger partial charge in [-0.3, -0.25) is 4.57 Å². The van der Waals surface area contributed by atoms with Crippen molar-refractivity contribution in [1.82, 2.24) is 14.8 Å². The molecular formula is C12H13ClN4S. The largest absolute Gasteiger partial charge is 0.354 e. The molecule has 0 saturated heterocycles. The van der Waals surface area contributed by atoms with Gasteiger partial charge in [0.2, 0.25) is 5.95 Å². The molecule has 1 N–H and O–H groups in total. The van der Waals surface area contributed by atoms with E-state index in [-0.39, 0.29) is 0 Å². The second-order valence-corrected chi connectivity index (χ2v) is 5.53. The monoisotopic (exact) mass is 280 g/mol. The van der Waals surface area contributed by atoms with Gasteiger partial charge in [-0.1, -0.05) is 35.5 Å². The number of nitrogens with zero attached hydrogens (tertiary/aromatic N) is 3. The summed E-state index contributed by atoms with van der Waals surface area (Å²) >= 11 is 7.57. The Bertz CT molecular complexity index is 538. The smallest absolute Gasteiger partial charge is 0.225 e. The molecule has 2 heterocycles. The Kier molecular flexibility index (Phi) is 3.43. The molecule has 94 valence electrons. The first-order valence-corrected chi connectivity index (χ1v) is 7.23. The maximum absolute atomic E-state index is 5.86. The van der Waals surface area contributed by atoms with Gasteiger partial charge in [0.1, 0.15) is 0 Å². The quantitative estimate of drug-likeness (QED) is 0.878. The van der Waals surface area contributed by atoms with Crippen LogP contribution < -0.4 is 5.32 Å². The molecule has 0 amide bonds. The number of rotatable bonds is 3. The fourth-order valence-electron chi connectivity index (χ4n) is 1.89. The van der Waals surface area contributed by atoms with Crippen LogP contribution in [0.4, 0.5) is 5.95 Å². The summed E-state index contributed by atoms with van der Waals surface area (Å²) in [6, 6.07) is 7.92. The normalized spacial score (nSPS) is 14.1. The number of aromatic nitrogens is 3. The zero-order chi connectivity index (χ0) is 12.4. The summed E-state index contributed by atoms with van der Waals surface area (Å²) < 4.78 is 2.14. The highest BCUT2D eigenvalue weighted by molar-refractivity contribution is 7.98. The van der Waals surface area contributed by atoms with Gasteiger partial charge in [-0.25, -0.2) is 0 Å². The molecular weight excluding hydrogens is 268 g/mol. The first-order valence-electron chi connectivity index (χ1n) is 5.87. The van der Waals surface area contributed by atoms with E-state index in [1.807, 2.05) is 24.3 Å². The first kappa shape index (κ1) is 11.9. The summed E-state index contributed by atoms with van der Waals surface area (Å²) in [6.07, 6.45) is 1.12. The van der Waals surface area contributed by atoms with Gasteiger partial charge in [0.15, 0.2) is 5.16 Å². The molecule has 0 aliphatic carbocycles. The molecule has 0 unspecified atom stereocenters. The lowest BCUT2D eigenvalue weighted by Crippen LogP contribution is -2.17. The van der Waals surface area contributed by atoms with Crippen LogP contribution in [0.15, 0.2) is 29.4 Å². The second-order valence-electron chi connectivity index (χ2n) is 4.15. The summed E-state index contributed by atoms with van der Waals surface area (Å²) in [5.41, 5.74) is 1.24. The van der Waals surface area contributed by atoms with Gasteiger partial charge in [0.25, 0.3) is 0 Å². The third kappa shape index (κ3) is 2.47. The molecule has 0 spiro atoms. The number of halogens is 1. The van der Waals surface area contributed by atoms with Crippen LogP contribution in [0.5, 0.6) is 0 Å². The average Bonchev–Trinajstić information content (AvgIpc) is 2.82. The van der Waals surface area contributed by atoms with Gasteiger partial charge >= 0.3 is 0 Å². The summed E-state index contributed by atoms with van der Waals surface area (Å²) in [5.74, 6) is 1.77. The van der Waals surface area contributed by atoms with E-state index < -0.39 is 0 Å². The number of fused-ring (bicyclic) bond motifs is 1. The third-order valence-electron chi connectivity index (χ3n) is 2.84. The fraction of sp³-hybridized carbons (Fsp3) is 0.333. The van der Waals surface area contributed by atoms with E-state index in [4.69, 9.17) is 11.6 Å². The van der Waals surface area contributed by atoms with Gasteiger partial charge in [-0.05, 0) is 24.1 Å². The molecule has 0 fully saturated rings. The molecule has 0 atom stereocenters. The Hall–Kier alpha value is -1.20. The van der Waals surface area contributed by atoms with Gasteiger partial charge in [-0.2, -0.15) is 0 Å². The predicted octanol–water partition coefficient (Wildman–Crippen LogP) is 3.04. The van der Waals surface area contributed by atoms with Crippen molar-refractivity contribution in [1.29, 1.82) is 0 Å². The topological polar surface area (TPSA) is 42.7 Å². The van der Waals surface area contributed by atoms with Crippen molar-refractivity contribution in [2.75, 3.05) is 11.9 Å². The summed E-state index contributed by atoms with van der Waals surface area (Å²) in [6.45, 7) is 1.98. The zero-order valence-electron chi connectivity index (χ0n) is 9.77. The molecule has 1 aliphatic heterocycles. The summed E-state index contributed by atoms with van der Waals surface area (Å²) in [7, 11) is 0. The van der Waals surface area contributed by atoms with Gasteiger partial charge < -0.3 is 5.32 Å². The van der Waals surface area contributed by atoms with Crippen molar-refractivity contribution in [2.45, 2.75) is 23.9 Å². The highest BCUT2D eigenvalue weighted by Crippen LogP contribution is 2.25. The lowest BCUT2D eigenvalue weighted by molar-refractivity contribution is 0.583.